The molecule has 1 heterocycles. The molecule has 2 aliphatic rings. The predicted molar refractivity (Wildman–Crippen MR) is 66.5 cm³/mol. The minimum absolute atomic E-state index is 0.0896. The lowest BCUT2D eigenvalue weighted by Gasteiger charge is -2.34. The number of hydrogen-bond acceptors (Lipinski definition) is 2. The summed E-state index contributed by atoms with van der Waals surface area (Å²) in [5.41, 5.74) is 0. The van der Waals surface area contributed by atoms with Gasteiger partial charge in [0, 0.05) is 24.8 Å². The summed E-state index contributed by atoms with van der Waals surface area (Å²) >= 11 is 0. The second kappa shape index (κ2) is 5.65. The lowest BCUT2D eigenvalue weighted by Crippen LogP contribution is -2.48. The Bertz CT molecular complexity index is 301. The first-order chi connectivity index (χ1) is 8.22. The van der Waals surface area contributed by atoms with E-state index < -0.39 is 0 Å². The summed E-state index contributed by atoms with van der Waals surface area (Å²) in [4.78, 5) is 23.7. The molecule has 1 N–H and O–H groups in total. The second-order valence-corrected chi connectivity index (χ2v) is 5.47. The van der Waals surface area contributed by atoms with E-state index in [1.54, 1.807) is 0 Å². The molecular formula is C14H23NO2. The Kier molecular flexibility index (Phi) is 4.19. The van der Waals surface area contributed by atoms with Gasteiger partial charge in [0.2, 0.25) is 5.91 Å². The highest BCUT2D eigenvalue weighted by Crippen LogP contribution is 2.33. The topological polar surface area (TPSA) is 46.2 Å². The van der Waals surface area contributed by atoms with Gasteiger partial charge in [-0.05, 0) is 31.6 Å². The molecule has 0 aromatic carbocycles. The third kappa shape index (κ3) is 2.88. The van der Waals surface area contributed by atoms with Gasteiger partial charge in [0.05, 0.1) is 0 Å². The summed E-state index contributed by atoms with van der Waals surface area (Å²) in [7, 11) is 0. The molecule has 3 nitrogen and oxygen atoms in total. The molecule has 2 rings (SSSR count). The van der Waals surface area contributed by atoms with Crippen LogP contribution in [0.15, 0.2) is 0 Å². The number of amides is 1. The number of piperidine rings is 1. The standard InChI is InChI=1S/C14H23NO2/c1-2-10-6-3-4-8-12(16)14(10)11-7-5-9-13(17)15-11/h10-11,14H,2-9H2,1H3,(H,15,17)/t10-,11+,14-/m0/s1. The van der Waals surface area contributed by atoms with Crippen LogP contribution in [0.5, 0.6) is 0 Å². The second-order valence-electron chi connectivity index (χ2n) is 5.47. The first-order valence-electron chi connectivity index (χ1n) is 7.04. The van der Waals surface area contributed by atoms with Gasteiger partial charge in [-0.15, -0.1) is 0 Å². The van der Waals surface area contributed by atoms with Crippen LogP contribution in [-0.4, -0.2) is 17.7 Å². The van der Waals surface area contributed by atoms with Gasteiger partial charge >= 0.3 is 0 Å². The van der Waals surface area contributed by atoms with E-state index in [0.717, 1.165) is 32.1 Å². The molecule has 0 aromatic heterocycles. The number of carbonyl (C=O) groups is 2. The Morgan fingerprint density at radius 3 is 2.65 bits per heavy atom. The lowest BCUT2D eigenvalue weighted by atomic mass is 9.77. The van der Waals surface area contributed by atoms with Crippen LogP contribution in [0.1, 0.15) is 58.3 Å². The molecule has 0 unspecified atom stereocenters. The Morgan fingerprint density at radius 2 is 1.94 bits per heavy atom. The average molecular weight is 237 g/mol. The van der Waals surface area contributed by atoms with Crippen molar-refractivity contribution in [3.63, 3.8) is 0 Å². The number of rotatable bonds is 2. The van der Waals surface area contributed by atoms with E-state index in [-0.39, 0.29) is 17.9 Å². The lowest BCUT2D eigenvalue weighted by molar-refractivity contribution is -0.128. The number of hydrogen-bond donors (Lipinski definition) is 1. The highest BCUT2D eigenvalue weighted by molar-refractivity contribution is 5.84. The molecule has 0 aromatic rings. The minimum Gasteiger partial charge on any atom is -0.353 e. The van der Waals surface area contributed by atoms with Crippen molar-refractivity contribution < 1.29 is 9.59 Å². The summed E-state index contributed by atoms with van der Waals surface area (Å²) in [6.07, 6.45) is 7.69. The monoisotopic (exact) mass is 237 g/mol. The fourth-order valence-corrected chi connectivity index (χ4v) is 3.43. The molecule has 0 spiro atoms. The largest absolute Gasteiger partial charge is 0.353 e. The third-order valence-corrected chi connectivity index (χ3v) is 4.35. The molecular weight excluding hydrogens is 214 g/mol. The van der Waals surface area contributed by atoms with E-state index in [1.807, 2.05) is 0 Å². The maximum absolute atomic E-state index is 12.2. The Morgan fingerprint density at radius 1 is 1.12 bits per heavy atom. The van der Waals surface area contributed by atoms with Gasteiger partial charge in [-0.25, -0.2) is 0 Å². The Hall–Kier alpha value is -0.860. The molecule has 0 radical (unpaired) electrons. The van der Waals surface area contributed by atoms with Crippen LogP contribution >= 0.6 is 0 Å². The summed E-state index contributed by atoms with van der Waals surface area (Å²) in [6.45, 7) is 2.17. The van der Waals surface area contributed by atoms with Crippen molar-refractivity contribution >= 4 is 11.7 Å². The summed E-state index contributed by atoms with van der Waals surface area (Å²) < 4.78 is 0. The number of carbonyl (C=O) groups excluding carboxylic acids is 2. The van der Waals surface area contributed by atoms with Crippen molar-refractivity contribution in [2.45, 2.75) is 64.3 Å². The van der Waals surface area contributed by atoms with Gasteiger partial charge in [-0.2, -0.15) is 0 Å². The summed E-state index contributed by atoms with van der Waals surface area (Å²) in [5, 5.41) is 3.05. The van der Waals surface area contributed by atoms with E-state index in [1.165, 1.54) is 6.42 Å². The molecule has 96 valence electrons. The molecule has 1 amide bonds. The minimum atomic E-state index is 0.0896. The van der Waals surface area contributed by atoms with Crippen LogP contribution in [-0.2, 0) is 9.59 Å². The molecule has 1 saturated carbocycles. The summed E-state index contributed by atoms with van der Waals surface area (Å²) in [5.74, 6) is 1.09. The molecule has 0 bridgehead atoms. The molecule has 1 saturated heterocycles. The van der Waals surface area contributed by atoms with Gasteiger partial charge in [-0.3, -0.25) is 9.59 Å². The highest BCUT2D eigenvalue weighted by Gasteiger charge is 2.37. The quantitative estimate of drug-likeness (QED) is 0.750. The van der Waals surface area contributed by atoms with Crippen molar-refractivity contribution in [1.82, 2.24) is 5.32 Å². The average Bonchev–Trinajstić information content (AvgIpc) is 2.50. The molecule has 1 aliphatic carbocycles. The maximum Gasteiger partial charge on any atom is 0.220 e. The van der Waals surface area contributed by atoms with Gasteiger partial charge in [0.25, 0.3) is 0 Å². The fraction of sp³-hybridized carbons (Fsp3) is 0.857. The van der Waals surface area contributed by atoms with Gasteiger partial charge in [0.15, 0.2) is 0 Å². The molecule has 3 heteroatoms. The van der Waals surface area contributed by atoms with Crippen LogP contribution in [0.4, 0.5) is 0 Å². The predicted octanol–water partition coefficient (Wildman–Crippen LogP) is 2.44. The van der Waals surface area contributed by atoms with Gasteiger partial charge in [0.1, 0.15) is 5.78 Å². The van der Waals surface area contributed by atoms with E-state index in [4.69, 9.17) is 0 Å². The van der Waals surface area contributed by atoms with Crippen LogP contribution in [0, 0.1) is 11.8 Å². The van der Waals surface area contributed by atoms with E-state index in [0.29, 0.717) is 24.5 Å². The van der Waals surface area contributed by atoms with Crippen LogP contribution in [0.3, 0.4) is 0 Å². The van der Waals surface area contributed by atoms with Crippen molar-refractivity contribution in [3.05, 3.63) is 0 Å². The van der Waals surface area contributed by atoms with E-state index >= 15 is 0 Å². The highest BCUT2D eigenvalue weighted by atomic mass is 16.2. The van der Waals surface area contributed by atoms with Crippen LogP contribution < -0.4 is 5.32 Å². The Labute approximate surface area is 103 Å². The normalized spacial score (nSPS) is 35.2. The van der Waals surface area contributed by atoms with Crippen molar-refractivity contribution in [2.75, 3.05) is 0 Å². The van der Waals surface area contributed by atoms with Crippen molar-refractivity contribution in [3.8, 4) is 0 Å². The number of nitrogens with one attached hydrogen (secondary N) is 1. The Balaban J connectivity index is 2.12. The smallest absolute Gasteiger partial charge is 0.220 e. The maximum atomic E-state index is 12.2. The van der Waals surface area contributed by atoms with E-state index in [2.05, 4.69) is 12.2 Å². The van der Waals surface area contributed by atoms with E-state index in [9.17, 15) is 9.59 Å². The van der Waals surface area contributed by atoms with Gasteiger partial charge in [-0.1, -0.05) is 19.8 Å². The number of Topliss-reactive ketones (excluding diaryl/α,β-unsaturated/α-hetero) is 1. The first kappa shape index (κ1) is 12.6. The molecule has 2 fully saturated rings. The van der Waals surface area contributed by atoms with Crippen LogP contribution in [0.25, 0.3) is 0 Å². The van der Waals surface area contributed by atoms with Crippen molar-refractivity contribution in [2.24, 2.45) is 11.8 Å². The fourth-order valence-electron chi connectivity index (χ4n) is 3.43. The molecule has 17 heavy (non-hydrogen) atoms. The zero-order chi connectivity index (χ0) is 12.3. The summed E-state index contributed by atoms with van der Waals surface area (Å²) in [6, 6.07) is 0.117. The molecule has 1 aliphatic heterocycles. The first-order valence-corrected chi connectivity index (χ1v) is 7.04. The van der Waals surface area contributed by atoms with Crippen LogP contribution in [0.2, 0.25) is 0 Å². The van der Waals surface area contributed by atoms with Gasteiger partial charge < -0.3 is 5.32 Å². The van der Waals surface area contributed by atoms with Crippen molar-refractivity contribution in [1.29, 1.82) is 0 Å². The molecule has 3 atom stereocenters. The SMILES string of the molecule is CC[C@H]1CCCCC(=O)[C@@H]1[C@H]1CCCC(=O)N1. The zero-order valence-electron chi connectivity index (χ0n) is 10.7. The zero-order valence-corrected chi connectivity index (χ0v) is 10.7. The third-order valence-electron chi connectivity index (χ3n) is 4.35. The number of ketones is 1.